The van der Waals surface area contributed by atoms with Gasteiger partial charge >= 0.3 is 0 Å². The Hall–Kier alpha value is -2.12. The van der Waals surface area contributed by atoms with Gasteiger partial charge in [0.25, 0.3) is 0 Å². The van der Waals surface area contributed by atoms with Gasteiger partial charge in [-0.15, -0.1) is 11.3 Å². The Bertz CT molecular complexity index is 901. The quantitative estimate of drug-likeness (QED) is 0.828. The van der Waals surface area contributed by atoms with Crippen molar-refractivity contribution in [1.29, 1.82) is 0 Å². The number of hydrogen-bond acceptors (Lipinski definition) is 6. The largest absolute Gasteiger partial charge is 0.380 e. The van der Waals surface area contributed by atoms with E-state index in [1.54, 1.807) is 17.4 Å². The maximum atomic E-state index is 14.6. The van der Waals surface area contributed by atoms with E-state index in [2.05, 4.69) is 34.5 Å². The van der Waals surface area contributed by atoms with Crippen LogP contribution < -0.4 is 20.6 Å². The fourth-order valence-electron chi connectivity index (χ4n) is 3.59. The predicted molar refractivity (Wildman–Crippen MR) is 110 cm³/mol. The van der Waals surface area contributed by atoms with Crippen LogP contribution in [0.15, 0.2) is 34.6 Å². The summed E-state index contributed by atoms with van der Waals surface area (Å²) in [5.41, 5.74) is 4.52. The molecule has 2 aliphatic heterocycles. The first kappa shape index (κ1) is 18.3. The Balaban J connectivity index is 1.37. The van der Waals surface area contributed by atoms with Crippen LogP contribution in [0.3, 0.4) is 0 Å². The van der Waals surface area contributed by atoms with Gasteiger partial charge in [-0.2, -0.15) is 0 Å². The van der Waals surface area contributed by atoms with E-state index in [9.17, 15) is 4.39 Å². The molecule has 2 aliphatic rings. The highest BCUT2D eigenvalue weighted by Crippen LogP contribution is 2.23. The summed E-state index contributed by atoms with van der Waals surface area (Å²) in [5, 5.41) is 8.31. The number of hydrazine groups is 1. The number of piperidine rings is 1. The second-order valence-corrected chi connectivity index (χ2v) is 8.37. The van der Waals surface area contributed by atoms with E-state index in [-0.39, 0.29) is 5.82 Å². The molecule has 3 heterocycles. The van der Waals surface area contributed by atoms with E-state index in [4.69, 9.17) is 0 Å². The molecule has 0 atom stereocenters. The lowest BCUT2D eigenvalue weighted by Gasteiger charge is -2.35. The Morgan fingerprint density at radius 1 is 1.22 bits per heavy atom. The van der Waals surface area contributed by atoms with Crippen LogP contribution in [0.25, 0.3) is 6.20 Å². The number of nitrogens with one attached hydrogen (secondary N) is 2. The van der Waals surface area contributed by atoms with Crippen molar-refractivity contribution < 1.29 is 4.39 Å². The molecule has 2 aromatic rings. The molecule has 0 unspecified atom stereocenters. The average Bonchev–Trinajstić information content (AvgIpc) is 3.12. The van der Waals surface area contributed by atoms with Gasteiger partial charge in [-0.3, -0.25) is 15.4 Å². The van der Waals surface area contributed by atoms with E-state index in [1.165, 1.54) is 0 Å². The second-order valence-electron chi connectivity index (χ2n) is 7.42. The van der Waals surface area contributed by atoms with Crippen molar-refractivity contribution in [3.05, 3.63) is 45.4 Å². The van der Waals surface area contributed by atoms with Crippen LogP contribution >= 0.6 is 11.3 Å². The summed E-state index contributed by atoms with van der Waals surface area (Å²) in [4.78, 5) is 6.97. The number of hydrogen-bond donors (Lipinski definition) is 2. The Labute approximate surface area is 163 Å². The molecule has 7 heteroatoms. The number of thiophene rings is 1. The second kappa shape index (κ2) is 7.86. The number of nitrogens with zero attached hydrogens (tertiary/aromatic N) is 3. The third-order valence-electron chi connectivity index (χ3n) is 5.20. The first-order chi connectivity index (χ1) is 13.1. The van der Waals surface area contributed by atoms with Crippen LogP contribution in [0, 0.1) is 5.82 Å². The van der Waals surface area contributed by atoms with E-state index in [0.717, 1.165) is 41.5 Å². The van der Waals surface area contributed by atoms with Crippen LogP contribution in [-0.2, 0) is 0 Å². The third kappa shape index (κ3) is 4.25. The van der Waals surface area contributed by atoms with Crippen molar-refractivity contribution in [2.45, 2.75) is 38.8 Å². The average molecular weight is 388 g/mol. The number of fused-ring (bicyclic) bond motifs is 1. The number of anilines is 2. The van der Waals surface area contributed by atoms with Gasteiger partial charge in [0.2, 0.25) is 0 Å². The number of rotatable bonds is 5. The number of halogens is 1. The fraction of sp³-hybridized carbons (Fsp3) is 0.450. The normalized spacial score (nSPS) is 18.0. The van der Waals surface area contributed by atoms with Crippen LogP contribution in [0.1, 0.15) is 26.7 Å². The molecule has 0 aliphatic carbocycles. The highest BCUT2D eigenvalue weighted by Gasteiger charge is 2.21. The topological polar surface area (TPSA) is 42.9 Å². The van der Waals surface area contributed by atoms with Gasteiger partial charge in [-0.25, -0.2) is 4.39 Å². The Morgan fingerprint density at radius 3 is 2.78 bits per heavy atom. The van der Waals surface area contributed by atoms with Crippen molar-refractivity contribution in [1.82, 2.24) is 9.91 Å². The van der Waals surface area contributed by atoms with Crippen LogP contribution in [0.2, 0.25) is 0 Å². The molecule has 1 fully saturated rings. The van der Waals surface area contributed by atoms with Crippen molar-refractivity contribution in [2.24, 2.45) is 4.99 Å². The summed E-state index contributed by atoms with van der Waals surface area (Å²) >= 11 is 1.65. The minimum Gasteiger partial charge on any atom is -0.380 e. The van der Waals surface area contributed by atoms with Crippen molar-refractivity contribution in [2.75, 3.05) is 30.5 Å². The molecule has 0 spiro atoms. The fourth-order valence-corrected chi connectivity index (χ4v) is 4.38. The molecular formula is C20H26FN5S. The monoisotopic (exact) mass is 387 g/mol. The Morgan fingerprint density at radius 2 is 2.04 bits per heavy atom. The van der Waals surface area contributed by atoms with Gasteiger partial charge < -0.3 is 10.2 Å². The zero-order valence-electron chi connectivity index (χ0n) is 15.8. The van der Waals surface area contributed by atoms with Gasteiger partial charge in [0.05, 0.1) is 21.3 Å². The van der Waals surface area contributed by atoms with Crippen LogP contribution in [0.4, 0.5) is 15.8 Å². The Kier molecular flexibility index (Phi) is 5.31. The van der Waals surface area contributed by atoms with Crippen molar-refractivity contribution in [3.63, 3.8) is 0 Å². The summed E-state index contributed by atoms with van der Waals surface area (Å²) < 4.78 is 15.7. The van der Waals surface area contributed by atoms with Gasteiger partial charge in [-0.1, -0.05) is 0 Å². The molecule has 1 aromatic carbocycles. The van der Waals surface area contributed by atoms with Crippen molar-refractivity contribution in [3.8, 4) is 0 Å². The first-order valence-corrected chi connectivity index (χ1v) is 10.4. The van der Waals surface area contributed by atoms with Gasteiger partial charge in [-0.05, 0) is 50.3 Å². The van der Waals surface area contributed by atoms with E-state index in [0.29, 0.717) is 24.4 Å². The summed E-state index contributed by atoms with van der Waals surface area (Å²) in [6.45, 7) is 7.10. The maximum absolute atomic E-state index is 14.6. The molecule has 0 amide bonds. The smallest absolute Gasteiger partial charge is 0.148 e. The highest BCUT2D eigenvalue weighted by atomic mass is 32.1. The first-order valence-electron chi connectivity index (χ1n) is 9.52. The SMILES string of the molecule is CC(C)N1CCC(Nc2ccc(NN3C=c4sccc4=NC3)cc2F)CC1. The van der Waals surface area contributed by atoms with Crippen molar-refractivity contribution >= 4 is 28.9 Å². The minimum atomic E-state index is -0.225. The highest BCUT2D eigenvalue weighted by molar-refractivity contribution is 7.07. The van der Waals surface area contributed by atoms with Crippen LogP contribution in [0.5, 0.6) is 0 Å². The molecule has 4 rings (SSSR count). The van der Waals surface area contributed by atoms with Gasteiger partial charge in [0, 0.05) is 37.4 Å². The van der Waals surface area contributed by atoms with Gasteiger partial charge in [0.1, 0.15) is 12.5 Å². The molecule has 0 saturated carbocycles. The number of benzene rings is 1. The molecule has 2 N–H and O–H groups in total. The zero-order chi connectivity index (χ0) is 18.8. The molecule has 5 nitrogen and oxygen atoms in total. The molecular weight excluding hydrogens is 361 g/mol. The maximum Gasteiger partial charge on any atom is 0.148 e. The minimum absolute atomic E-state index is 0.225. The standard InChI is InChI=1S/C20H26FN5S/c1-14(2)25-8-5-15(6-9-25)23-18-4-3-16(11-17(18)21)24-26-12-20-19(22-13-26)7-10-27-20/h3-4,7,10-12,14-15,23-24H,5-6,8-9,13H2,1-2H3. The zero-order valence-corrected chi connectivity index (χ0v) is 16.6. The van der Waals surface area contributed by atoms with E-state index >= 15 is 0 Å². The molecule has 0 radical (unpaired) electrons. The van der Waals surface area contributed by atoms with Crippen LogP contribution in [-0.4, -0.2) is 41.8 Å². The third-order valence-corrected chi connectivity index (χ3v) is 6.04. The summed E-state index contributed by atoms with van der Waals surface area (Å²) in [6.07, 6.45) is 4.11. The van der Waals surface area contributed by atoms with E-state index < -0.39 is 0 Å². The molecule has 0 bridgehead atoms. The van der Waals surface area contributed by atoms with Gasteiger partial charge in [0.15, 0.2) is 0 Å². The summed E-state index contributed by atoms with van der Waals surface area (Å²) in [5.74, 6) is -0.225. The summed E-state index contributed by atoms with van der Waals surface area (Å²) in [7, 11) is 0. The number of likely N-dealkylation sites (tertiary alicyclic amines) is 1. The van der Waals surface area contributed by atoms with E-state index in [1.807, 2.05) is 34.8 Å². The molecule has 144 valence electrons. The lowest BCUT2D eigenvalue weighted by atomic mass is 10.0. The molecule has 1 aromatic heterocycles. The molecule has 1 saturated heterocycles. The lowest BCUT2D eigenvalue weighted by molar-refractivity contribution is 0.177. The molecule has 27 heavy (non-hydrogen) atoms. The lowest BCUT2D eigenvalue weighted by Crippen LogP contribution is -2.42. The summed E-state index contributed by atoms with van der Waals surface area (Å²) in [6, 6.07) is 8.20. The predicted octanol–water partition coefficient (Wildman–Crippen LogP) is 2.83.